The number of amides is 1. The average molecular weight is 494 g/mol. The molecule has 8 nitrogen and oxygen atoms in total. The van der Waals surface area contributed by atoms with E-state index in [-0.39, 0.29) is 11.5 Å². The quantitative estimate of drug-likeness (QED) is 0.238. The van der Waals surface area contributed by atoms with E-state index in [1.54, 1.807) is 42.6 Å². The number of ether oxygens (including phenoxy) is 2. The highest BCUT2D eigenvalue weighted by atomic mass is 19.3. The number of hydrogen-bond acceptors (Lipinski definition) is 7. The number of carbonyl (C=O) groups excluding carboxylic acids is 1. The van der Waals surface area contributed by atoms with Crippen LogP contribution < -0.4 is 20.1 Å². The molecule has 0 atom stereocenters. The fourth-order valence-electron chi connectivity index (χ4n) is 3.13. The lowest BCUT2D eigenvalue weighted by atomic mass is 10.1. The number of rotatable bonds is 12. The van der Waals surface area contributed by atoms with E-state index in [4.69, 9.17) is 10.00 Å². The molecule has 2 heterocycles. The lowest BCUT2D eigenvalue weighted by molar-refractivity contribution is -0.111. The highest BCUT2D eigenvalue weighted by Gasteiger charge is 2.14. The van der Waals surface area contributed by atoms with Crippen molar-refractivity contribution in [2.45, 2.75) is 32.8 Å². The van der Waals surface area contributed by atoms with Crippen LogP contribution in [0, 0.1) is 11.3 Å². The third kappa shape index (κ3) is 7.77. The molecule has 0 bridgehead atoms. The summed E-state index contributed by atoms with van der Waals surface area (Å²) >= 11 is 0. The SMILES string of the molecule is CCCCCOc1c(/C=C/C(=O)Nc2cccnc2Nc2ccc(C#N)cn2)cccc1OC(F)F. The maximum atomic E-state index is 12.9. The van der Waals surface area contributed by atoms with E-state index < -0.39 is 12.5 Å². The molecule has 0 aliphatic heterocycles. The number of pyridine rings is 2. The van der Waals surface area contributed by atoms with E-state index in [1.807, 2.05) is 13.0 Å². The molecule has 0 aliphatic carbocycles. The number of halogens is 2. The van der Waals surface area contributed by atoms with Gasteiger partial charge in [0.05, 0.1) is 17.9 Å². The molecule has 10 heteroatoms. The molecule has 3 aromatic rings. The van der Waals surface area contributed by atoms with Crippen molar-refractivity contribution in [3.05, 3.63) is 72.1 Å². The number of unbranched alkanes of at least 4 members (excludes halogenated alkanes) is 2. The number of para-hydroxylation sites is 1. The first-order valence-corrected chi connectivity index (χ1v) is 11.3. The number of nitriles is 1. The summed E-state index contributed by atoms with van der Waals surface area (Å²) in [5.41, 5.74) is 1.23. The Morgan fingerprint density at radius 2 is 2.03 bits per heavy atom. The van der Waals surface area contributed by atoms with Gasteiger partial charge in [0.1, 0.15) is 11.9 Å². The number of anilines is 3. The largest absolute Gasteiger partial charge is 0.489 e. The van der Waals surface area contributed by atoms with Crippen LogP contribution in [0.2, 0.25) is 0 Å². The molecule has 1 aromatic carbocycles. The molecule has 0 unspecified atom stereocenters. The van der Waals surface area contributed by atoms with Gasteiger partial charge in [-0.2, -0.15) is 14.0 Å². The summed E-state index contributed by atoms with van der Waals surface area (Å²) in [6, 6.07) is 13.1. The number of aromatic nitrogens is 2. The first kappa shape index (κ1) is 26.1. The van der Waals surface area contributed by atoms with Gasteiger partial charge in [0.2, 0.25) is 5.91 Å². The molecule has 0 radical (unpaired) electrons. The minimum atomic E-state index is -3.01. The van der Waals surface area contributed by atoms with Crippen LogP contribution in [0.25, 0.3) is 6.08 Å². The summed E-state index contributed by atoms with van der Waals surface area (Å²) < 4.78 is 36.1. The highest BCUT2D eigenvalue weighted by molar-refractivity contribution is 6.03. The van der Waals surface area contributed by atoms with E-state index >= 15 is 0 Å². The van der Waals surface area contributed by atoms with Gasteiger partial charge in [-0.25, -0.2) is 9.97 Å². The average Bonchev–Trinajstić information content (AvgIpc) is 2.87. The van der Waals surface area contributed by atoms with E-state index in [1.165, 1.54) is 24.4 Å². The fraction of sp³-hybridized carbons (Fsp3) is 0.231. The Hall–Kier alpha value is -4.52. The fourth-order valence-corrected chi connectivity index (χ4v) is 3.13. The van der Waals surface area contributed by atoms with Crippen molar-refractivity contribution < 1.29 is 23.0 Å². The maximum Gasteiger partial charge on any atom is 0.387 e. The summed E-state index contributed by atoms with van der Waals surface area (Å²) in [4.78, 5) is 21.0. The van der Waals surface area contributed by atoms with Crippen LogP contribution >= 0.6 is 0 Å². The van der Waals surface area contributed by atoms with Gasteiger partial charge in [0.25, 0.3) is 0 Å². The first-order valence-electron chi connectivity index (χ1n) is 11.3. The lowest BCUT2D eigenvalue weighted by Crippen LogP contribution is -2.11. The summed E-state index contributed by atoms with van der Waals surface area (Å²) in [7, 11) is 0. The van der Waals surface area contributed by atoms with Gasteiger partial charge in [-0.15, -0.1) is 0 Å². The van der Waals surface area contributed by atoms with Crippen molar-refractivity contribution in [3.63, 3.8) is 0 Å². The molecule has 2 N–H and O–H groups in total. The molecule has 186 valence electrons. The Balaban J connectivity index is 1.74. The predicted octanol–water partition coefficient (Wildman–Crippen LogP) is 5.91. The van der Waals surface area contributed by atoms with Gasteiger partial charge >= 0.3 is 6.61 Å². The van der Waals surface area contributed by atoms with Crippen molar-refractivity contribution in [2.75, 3.05) is 17.2 Å². The van der Waals surface area contributed by atoms with E-state index in [0.717, 1.165) is 19.3 Å². The van der Waals surface area contributed by atoms with Crippen LogP contribution in [0.15, 0.2) is 60.9 Å². The van der Waals surface area contributed by atoms with Gasteiger partial charge in [-0.3, -0.25) is 4.79 Å². The third-order valence-corrected chi connectivity index (χ3v) is 4.84. The van der Waals surface area contributed by atoms with Gasteiger partial charge in [0, 0.05) is 24.0 Å². The van der Waals surface area contributed by atoms with Crippen LogP contribution in [-0.2, 0) is 4.79 Å². The monoisotopic (exact) mass is 493 g/mol. The zero-order valence-electron chi connectivity index (χ0n) is 19.6. The van der Waals surface area contributed by atoms with Crippen LogP contribution in [0.4, 0.5) is 26.1 Å². The van der Waals surface area contributed by atoms with Crippen LogP contribution in [0.5, 0.6) is 11.5 Å². The summed E-state index contributed by atoms with van der Waals surface area (Å²) in [5.74, 6) is 0.366. The molecule has 0 saturated heterocycles. The van der Waals surface area contributed by atoms with Crippen LogP contribution in [-0.4, -0.2) is 29.1 Å². The molecule has 0 spiro atoms. The number of nitrogens with one attached hydrogen (secondary N) is 2. The molecular formula is C26H25F2N5O3. The number of hydrogen-bond donors (Lipinski definition) is 2. The first-order chi connectivity index (χ1) is 17.5. The van der Waals surface area contributed by atoms with Crippen molar-refractivity contribution in [1.29, 1.82) is 5.26 Å². The molecule has 2 aromatic heterocycles. The highest BCUT2D eigenvalue weighted by Crippen LogP contribution is 2.34. The van der Waals surface area contributed by atoms with E-state index in [0.29, 0.717) is 35.1 Å². The second-order valence-electron chi connectivity index (χ2n) is 7.50. The number of alkyl halides is 2. The van der Waals surface area contributed by atoms with Crippen molar-refractivity contribution in [1.82, 2.24) is 9.97 Å². The minimum absolute atomic E-state index is 0.0993. The van der Waals surface area contributed by atoms with Crippen molar-refractivity contribution in [3.8, 4) is 17.6 Å². The minimum Gasteiger partial charge on any atom is -0.489 e. The third-order valence-electron chi connectivity index (χ3n) is 4.84. The molecule has 3 rings (SSSR count). The van der Waals surface area contributed by atoms with Crippen molar-refractivity contribution >= 4 is 29.3 Å². The second kappa shape index (κ2) is 13.4. The van der Waals surface area contributed by atoms with E-state index in [9.17, 15) is 13.6 Å². The number of carbonyl (C=O) groups is 1. The maximum absolute atomic E-state index is 12.9. The Morgan fingerprint density at radius 1 is 1.17 bits per heavy atom. The van der Waals surface area contributed by atoms with Crippen LogP contribution in [0.3, 0.4) is 0 Å². The van der Waals surface area contributed by atoms with Crippen molar-refractivity contribution in [2.24, 2.45) is 0 Å². The molecular weight excluding hydrogens is 468 g/mol. The van der Waals surface area contributed by atoms with E-state index in [2.05, 4.69) is 25.3 Å². The molecule has 0 saturated carbocycles. The van der Waals surface area contributed by atoms with Crippen LogP contribution in [0.1, 0.15) is 37.3 Å². The Bertz CT molecular complexity index is 1230. The topological polar surface area (TPSA) is 109 Å². The lowest BCUT2D eigenvalue weighted by Gasteiger charge is -2.14. The normalized spacial score (nSPS) is 10.8. The predicted molar refractivity (Wildman–Crippen MR) is 132 cm³/mol. The summed E-state index contributed by atoms with van der Waals surface area (Å²) in [5, 5.41) is 14.6. The molecule has 0 aliphatic rings. The Labute approximate surface area is 207 Å². The standard InChI is InChI=1S/C26H25F2N5O3/c1-2-3-4-15-35-24-19(7-5-9-21(24)36-26(27)28)11-13-23(34)32-20-8-6-14-30-25(20)33-22-12-10-18(16-29)17-31-22/h5-14,17,26H,2-4,15H2,1H3,(H,32,34)(H,30,31,33)/b13-11+. The van der Waals surface area contributed by atoms with Gasteiger partial charge in [0.15, 0.2) is 17.3 Å². The zero-order valence-corrected chi connectivity index (χ0v) is 19.6. The number of benzene rings is 1. The van der Waals surface area contributed by atoms with Gasteiger partial charge in [-0.05, 0) is 42.8 Å². The van der Waals surface area contributed by atoms with Gasteiger partial charge < -0.3 is 20.1 Å². The summed E-state index contributed by atoms with van der Waals surface area (Å²) in [6.07, 6.45) is 8.37. The van der Waals surface area contributed by atoms with Gasteiger partial charge in [-0.1, -0.05) is 31.9 Å². The zero-order chi connectivity index (χ0) is 25.8. The Kier molecular flexibility index (Phi) is 9.70. The smallest absolute Gasteiger partial charge is 0.387 e. The molecule has 1 amide bonds. The number of nitrogens with zero attached hydrogens (tertiary/aromatic N) is 3. The molecule has 0 fully saturated rings. The summed E-state index contributed by atoms with van der Waals surface area (Å²) in [6.45, 7) is -0.629. The Morgan fingerprint density at radius 3 is 2.75 bits per heavy atom. The second-order valence-corrected chi connectivity index (χ2v) is 7.50. The molecule has 36 heavy (non-hydrogen) atoms.